The Morgan fingerprint density at radius 3 is 2.50 bits per heavy atom. The topological polar surface area (TPSA) is 57.6 Å². The average molecular weight is 243 g/mol. The van der Waals surface area contributed by atoms with Crippen molar-refractivity contribution in [2.75, 3.05) is 11.5 Å². The van der Waals surface area contributed by atoms with Gasteiger partial charge in [0.1, 0.15) is 6.61 Å². The molecule has 4 heteroatoms. The molecule has 1 aliphatic heterocycles. The Hall–Kier alpha value is -2.12. The van der Waals surface area contributed by atoms with Crippen molar-refractivity contribution in [3.05, 3.63) is 29.3 Å². The quantitative estimate of drug-likeness (QED) is 0.591. The second-order valence-electron chi connectivity index (χ2n) is 4.08. The van der Waals surface area contributed by atoms with Crippen LogP contribution in [0, 0.1) is 18.8 Å². The third-order valence-corrected chi connectivity index (χ3v) is 2.80. The van der Waals surface area contributed by atoms with Gasteiger partial charge in [0, 0.05) is 18.4 Å². The molecule has 18 heavy (non-hydrogen) atoms. The molecule has 4 nitrogen and oxygen atoms in total. The Morgan fingerprint density at radius 2 is 1.94 bits per heavy atom. The molecule has 1 aromatic rings. The van der Waals surface area contributed by atoms with E-state index < -0.39 is 0 Å². The minimum absolute atomic E-state index is 0.155. The van der Waals surface area contributed by atoms with Crippen molar-refractivity contribution in [1.29, 1.82) is 0 Å². The summed E-state index contributed by atoms with van der Waals surface area (Å²) in [5.74, 6) is 5.03. The third-order valence-electron chi connectivity index (χ3n) is 2.80. The van der Waals surface area contributed by atoms with E-state index in [-0.39, 0.29) is 31.3 Å². The number of hydrogen-bond donors (Lipinski definition) is 1. The average Bonchev–Trinajstić information content (AvgIpc) is 2.67. The Morgan fingerprint density at radius 1 is 1.28 bits per heavy atom. The van der Waals surface area contributed by atoms with Gasteiger partial charge >= 0.3 is 0 Å². The fourth-order valence-corrected chi connectivity index (χ4v) is 1.97. The summed E-state index contributed by atoms with van der Waals surface area (Å²) in [6, 6.07) is 5.26. The molecule has 1 N–H and O–H groups in total. The number of aliphatic hydroxyl groups is 1. The highest BCUT2D eigenvalue weighted by Crippen LogP contribution is 2.26. The normalized spacial score (nSPS) is 14.7. The maximum absolute atomic E-state index is 11.6. The highest BCUT2D eigenvalue weighted by Gasteiger charge is 2.30. The molecule has 0 aliphatic carbocycles. The fourth-order valence-electron chi connectivity index (χ4n) is 1.97. The number of rotatable bonds is 1. The summed E-state index contributed by atoms with van der Waals surface area (Å²) in [5.41, 5.74) is 2.20. The van der Waals surface area contributed by atoms with Gasteiger partial charge in [-0.05, 0) is 30.7 Å². The monoisotopic (exact) mass is 243 g/mol. The molecular formula is C14H13NO3. The van der Waals surface area contributed by atoms with Crippen molar-refractivity contribution in [3.8, 4) is 11.8 Å². The van der Waals surface area contributed by atoms with Crippen molar-refractivity contribution < 1.29 is 14.7 Å². The zero-order valence-electron chi connectivity index (χ0n) is 10.1. The molecule has 1 fully saturated rings. The van der Waals surface area contributed by atoms with Crippen LogP contribution >= 0.6 is 0 Å². The molecule has 2 amide bonds. The van der Waals surface area contributed by atoms with E-state index in [1.54, 1.807) is 18.2 Å². The number of carbonyl (C=O) groups is 2. The number of imide groups is 1. The molecule has 1 aromatic carbocycles. The number of aryl methyl sites for hydroxylation is 1. The largest absolute Gasteiger partial charge is 0.384 e. The predicted octanol–water partition coefficient (Wildman–Crippen LogP) is 0.992. The number of benzene rings is 1. The van der Waals surface area contributed by atoms with Gasteiger partial charge in [-0.3, -0.25) is 14.5 Å². The summed E-state index contributed by atoms with van der Waals surface area (Å²) in [5, 5.41) is 8.62. The van der Waals surface area contributed by atoms with E-state index in [0.29, 0.717) is 5.69 Å². The van der Waals surface area contributed by atoms with E-state index >= 15 is 0 Å². The first kappa shape index (κ1) is 12.3. The lowest BCUT2D eigenvalue weighted by Gasteiger charge is -2.16. The summed E-state index contributed by atoms with van der Waals surface area (Å²) in [4.78, 5) is 24.5. The molecule has 0 unspecified atom stereocenters. The summed E-state index contributed by atoms with van der Waals surface area (Å²) in [6.45, 7) is 1.64. The van der Waals surface area contributed by atoms with E-state index in [0.717, 1.165) is 11.1 Å². The molecule has 2 rings (SSSR count). The number of nitrogens with zero attached hydrogens (tertiary/aromatic N) is 1. The lowest BCUT2D eigenvalue weighted by molar-refractivity contribution is -0.121. The fraction of sp³-hybridized carbons (Fsp3) is 0.286. The Balaban J connectivity index is 2.35. The van der Waals surface area contributed by atoms with Gasteiger partial charge in [-0.25, -0.2) is 0 Å². The smallest absolute Gasteiger partial charge is 0.234 e. The van der Waals surface area contributed by atoms with Crippen LogP contribution in [0.1, 0.15) is 24.0 Å². The lowest BCUT2D eigenvalue weighted by atomic mass is 10.1. The first-order valence-corrected chi connectivity index (χ1v) is 5.69. The number of amides is 2. The first-order chi connectivity index (χ1) is 8.63. The van der Waals surface area contributed by atoms with Crippen molar-refractivity contribution in [2.45, 2.75) is 19.8 Å². The van der Waals surface area contributed by atoms with Crippen LogP contribution < -0.4 is 4.90 Å². The Bertz CT molecular complexity index is 550. The van der Waals surface area contributed by atoms with E-state index in [4.69, 9.17) is 5.11 Å². The maximum atomic E-state index is 11.6. The Labute approximate surface area is 105 Å². The van der Waals surface area contributed by atoms with Gasteiger partial charge in [0.15, 0.2) is 0 Å². The zero-order chi connectivity index (χ0) is 13.1. The minimum atomic E-state index is -0.191. The van der Waals surface area contributed by atoms with Crippen molar-refractivity contribution in [2.24, 2.45) is 0 Å². The van der Waals surface area contributed by atoms with Gasteiger partial charge in [0.2, 0.25) is 11.8 Å². The number of aliphatic hydroxyl groups excluding tert-OH is 1. The summed E-state index contributed by atoms with van der Waals surface area (Å²) >= 11 is 0. The Kier molecular flexibility index (Phi) is 3.45. The molecular weight excluding hydrogens is 230 g/mol. The SMILES string of the molecule is Cc1cc(C#CCO)ccc1N1C(=O)CCC1=O. The second kappa shape index (κ2) is 5.03. The predicted molar refractivity (Wildman–Crippen MR) is 66.9 cm³/mol. The molecule has 0 saturated carbocycles. The van der Waals surface area contributed by atoms with Gasteiger partial charge in [-0.1, -0.05) is 11.8 Å². The van der Waals surface area contributed by atoms with Crippen LogP contribution in [0.25, 0.3) is 0 Å². The number of hydrogen-bond acceptors (Lipinski definition) is 3. The van der Waals surface area contributed by atoms with Crippen LogP contribution in [-0.4, -0.2) is 23.5 Å². The van der Waals surface area contributed by atoms with Gasteiger partial charge in [-0.15, -0.1) is 0 Å². The molecule has 0 radical (unpaired) electrons. The van der Waals surface area contributed by atoms with Gasteiger partial charge in [0.25, 0.3) is 0 Å². The van der Waals surface area contributed by atoms with Crippen LogP contribution in [0.3, 0.4) is 0 Å². The minimum Gasteiger partial charge on any atom is -0.384 e. The van der Waals surface area contributed by atoms with Crippen molar-refractivity contribution in [3.63, 3.8) is 0 Å². The third kappa shape index (κ3) is 2.27. The number of anilines is 1. The summed E-state index contributed by atoms with van der Waals surface area (Å²) < 4.78 is 0. The van der Waals surface area contributed by atoms with Crippen LogP contribution in [0.5, 0.6) is 0 Å². The molecule has 0 aromatic heterocycles. The van der Waals surface area contributed by atoms with E-state index in [2.05, 4.69) is 11.8 Å². The highest BCUT2D eigenvalue weighted by atomic mass is 16.2. The molecule has 0 atom stereocenters. The molecule has 1 heterocycles. The molecule has 0 bridgehead atoms. The standard InChI is InChI=1S/C14H13NO3/c1-10-9-11(3-2-8-16)4-5-12(10)15-13(17)6-7-14(15)18/h4-5,9,16H,6-8H2,1H3. The van der Waals surface area contributed by atoms with Crippen LogP contribution in [0.15, 0.2) is 18.2 Å². The second-order valence-corrected chi connectivity index (χ2v) is 4.08. The first-order valence-electron chi connectivity index (χ1n) is 5.69. The highest BCUT2D eigenvalue weighted by molar-refractivity contribution is 6.20. The summed E-state index contributed by atoms with van der Waals surface area (Å²) in [6.07, 6.45) is 0.564. The van der Waals surface area contributed by atoms with Gasteiger partial charge in [-0.2, -0.15) is 0 Å². The molecule has 0 spiro atoms. The van der Waals surface area contributed by atoms with Crippen LogP contribution in [0.2, 0.25) is 0 Å². The van der Waals surface area contributed by atoms with Crippen LogP contribution in [0.4, 0.5) is 5.69 Å². The molecule has 92 valence electrons. The van der Waals surface area contributed by atoms with Gasteiger partial charge in [0.05, 0.1) is 5.69 Å². The van der Waals surface area contributed by atoms with Crippen LogP contribution in [-0.2, 0) is 9.59 Å². The van der Waals surface area contributed by atoms with Gasteiger partial charge < -0.3 is 5.11 Å². The van der Waals surface area contributed by atoms with E-state index in [9.17, 15) is 9.59 Å². The van der Waals surface area contributed by atoms with Crippen molar-refractivity contribution >= 4 is 17.5 Å². The number of carbonyl (C=O) groups excluding carboxylic acids is 2. The maximum Gasteiger partial charge on any atom is 0.234 e. The molecule has 1 saturated heterocycles. The zero-order valence-corrected chi connectivity index (χ0v) is 10.1. The van der Waals surface area contributed by atoms with E-state index in [1.165, 1.54) is 4.90 Å². The van der Waals surface area contributed by atoms with Crippen molar-refractivity contribution in [1.82, 2.24) is 0 Å². The molecule has 1 aliphatic rings. The lowest BCUT2D eigenvalue weighted by Crippen LogP contribution is -2.29. The summed E-state index contributed by atoms with van der Waals surface area (Å²) in [7, 11) is 0. The van der Waals surface area contributed by atoms with E-state index in [1.807, 2.05) is 6.92 Å².